The van der Waals surface area contributed by atoms with E-state index in [1.807, 2.05) is 16.9 Å². The molecule has 0 saturated carbocycles. The molecule has 0 aliphatic heterocycles. The quantitative estimate of drug-likeness (QED) is 0.470. The van der Waals surface area contributed by atoms with Crippen LogP contribution in [-0.4, -0.2) is 16.1 Å². The first kappa shape index (κ1) is 7.98. The molecule has 0 fully saturated rings. The van der Waals surface area contributed by atoms with Crippen LogP contribution in [0.2, 0.25) is 0 Å². The lowest BCUT2D eigenvalue weighted by molar-refractivity contribution is -0.107. The summed E-state index contributed by atoms with van der Waals surface area (Å²) in [5, 5.41) is 4.04. The minimum atomic E-state index is 0.668. The van der Waals surface area contributed by atoms with E-state index in [1.54, 1.807) is 6.20 Å². The first-order valence-corrected chi connectivity index (χ1v) is 3.84. The fourth-order valence-corrected chi connectivity index (χ4v) is 0.934. The van der Waals surface area contributed by atoms with Crippen molar-refractivity contribution in [2.45, 2.75) is 25.8 Å². The Hall–Kier alpha value is -1.12. The van der Waals surface area contributed by atoms with Gasteiger partial charge < -0.3 is 4.79 Å². The van der Waals surface area contributed by atoms with Gasteiger partial charge in [0.25, 0.3) is 0 Å². The van der Waals surface area contributed by atoms with Crippen molar-refractivity contribution in [2.24, 2.45) is 0 Å². The lowest BCUT2D eigenvalue weighted by atomic mass is 10.2. The van der Waals surface area contributed by atoms with Crippen LogP contribution in [0.3, 0.4) is 0 Å². The minimum absolute atomic E-state index is 0.668. The number of carbonyl (C=O) groups is 1. The van der Waals surface area contributed by atoms with E-state index in [0.717, 1.165) is 25.7 Å². The van der Waals surface area contributed by atoms with Gasteiger partial charge >= 0.3 is 0 Å². The zero-order chi connectivity index (χ0) is 7.94. The van der Waals surface area contributed by atoms with Crippen molar-refractivity contribution in [1.82, 2.24) is 9.78 Å². The van der Waals surface area contributed by atoms with Gasteiger partial charge in [-0.2, -0.15) is 5.10 Å². The number of hydrogen-bond donors (Lipinski definition) is 0. The van der Waals surface area contributed by atoms with E-state index in [0.29, 0.717) is 6.42 Å². The van der Waals surface area contributed by atoms with Crippen LogP contribution in [0.1, 0.15) is 19.3 Å². The highest BCUT2D eigenvalue weighted by atomic mass is 16.1. The fraction of sp³-hybridized carbons (Fsp3) is 0.500. The van der Waals surface area contributed by atoms with Crippen molar-refractivity contribution in [3.8, 4) is 0 Å². The van der Waals surface area contributed by atoms with Crippen molar-refractivity contribution in [1.29, 1.82) is 0 Å². The molecule has 3 heteroatoms. The monoisotopic (exact) mass is 152 g/mol. The zero-order valence-electron chi connectivity index (χ0n) is 6.44. The molecule has 60 valence electrons. The maximum absolute atomic E-state index is 9.94. The highest BCUT2D eigenvalue weighted by Crippen LogP contribution is 1.95. The van der Waals surface area contributed by atoms with Gasteiger partial charge in [-0.25, -0.2) is 0 Å². The summed E-state index contributed by atoms with van der Waals surface area (Å²) in [7, 11) is 0. The number of aldehydes is 1. The molecule has 1 aromatic rings. The van der Waals surface area contributed by atoms with Crippen LogP contribution in [0.4, 0.5) is 0 Å². The maximum atomic E-state index is 9.94. The molecule has 0 bridgehead atoms. The molecule has 0 aliphatic rings. The van der Waals surface area contributed by atoms with Crippen LogP contribution in [0.25, 0.3) is 0 Å². The van der Waals surface area contributed by atoms with Gasteiger partial charge in [-0.05, 0) is 18.9 Å². The lowest BCUT2D eigenvalue weighted by Gasteiger charge is -1.97. The Balaban J connectivity index is 2.09. The molecular formula is C8H12N2O. The summed E-state index contributed by atoms with van der Waals surface area (Å²) in [5.41, 5.74) is 0. The van der Waals surface area contributed by atoms with Crippen molar-refractivity contribution in [2.75, 3.05) is 0 Å². The first-order chi connectivity index (χ1) is 5.43. The van der Waals surface area contributed by atoms with Crippen molar-refractivity contribution < 1.29 is 4.79 Å². The summed E-state index contributed by atoms with van der Waals surface area (Å²) < 4.78 is 1.88. The molecule has 0 N–H and O–H groups in total. The predicted molar refractivity (Wildman–Crippen MR) is 42.1 cm³/mol. The van der Waals surface area contributed by atoms with E-state index < -0.39 is 0 Å². The van der Waals surface area contributed by atoms with Gasteiger partial charge in [0, 0.05) is 25.4 Å². The van der Waals surface area contributed by atoms with Crippen molar-refractivity contribution >= 4 is 6.29 Å². The Kier molecular flexibility index (Phi) is 3.38. The second kappa shape index (κ2) is 4.66. The van der Waals surface area contributed by atoms with E-state index in [4.69, 9.17) is 0 Å². The molecule has 0 saturated heterocycles. The van der Waals surface area contributed by atoms with Crippen molar-refractivity contribution in [3.05, 3.63) is 18.5 Å². The van der Waals surface area contributed by atoms with Gasteiger partial charge in [0.2, 0.25) is 0 Å². The normalized spacial score (nSPS) is 9.82. The summed E-state index contributed by atoms with van der Waals surface area (Å²) in [6.07, 6.45) is 7.31. The van der Waals surface area contributed by atoms with Crippen LogP contribution in [0.5, 0.6) is 0 Å². The smallest absolute Gasteiger partial charge is 0.119 e. The minimum Gasteiger partial charge on any atom is -0.303 e. The lowest BCUT2D eigenvalue weighted by Crippen LogP contribution is -1.97. The Bertz CT molecular complexity index is 194. The molecule has 0 radical (unpaired) electrons. The molecule has 11 heavy (non-hydrogen) atoms. The van der Waals surface area contributed by atoms with Crippen LogP contribution in [-0.2, 0) is 11.3 Å². The van der Waals surface area contributed by atoms with Crippen molar-refractivity contribution in [3.63, 3.8) is 0 Å². The van der Waals surface area contributed by atoms with Crippen LogP contribution < -0.4 is 0 Å². The third kappa shape index (κ3) is 2.98. The standard InChI is InChI=1S/C8H12N2O/c11-8-3-1-2-6-10-7-4-5-9-10/h4-5,7-8H,1-3,6H2. The molecule has 3 nitrogen and oxygen atoms in total. The summed E-state index contributed by atoms with van der Waals surface area (Å²) in [6.45, 7) is 0.918. The fourth-order valence-electron chi connectivity index (χ4n) is 0.934. The second-order valence-corrected chi connectivity index (χ2v) is 2.43. The van der Waals surface area contributed by atoms with Gasteiger partial charge in [-0.1, -0.05) is 0 Å². The number of aryl methyl sites for hydroxylation is 1. The SMILES string of the molecule is O=CCCCCn1cccn1. The molecular weight excluding hydrogens is 140 g/mol. The third-order valence-corrected chi connectivity index (χ3v) is 1.52. The van der Waals surface area contributed by atoms with Gasteiger partial charge in [-0.15, -0.1) is 0 Å². The van der Waals surface area contributed by atoms with E-state index in [1.165, 1.54) is 0 Å². The molecule has 0 atom stereocenters. The van der Waals surface area contributed by atoms with E-state index in [2.05, 4.69) is 5.10 Å². The Morgan fingerprint density at radius 2 is 2.36 bits per heavy atom. The largest absolute Gasteiger partial charge is 0.303 e. The molecule has 0 unspecified atom stereocenters. The first-order valence-electron chi connectivity index (χ1n) is 3.84. The molecule has 1 aromatic heterocycles. The average molecular weight is 152 g/mol. The van der Waals surface area contributed by atoms with Gasteiger partial charge in [0.05, 0.1) is 0 Å². The predicted octanol–water partition coefficient (Wildman–Crippen LogP) is 1.25. The highest BCUT2D eigenvalue weighted by molar-refractivity contribution is 5.48. The summed E-state index contributed by atoms with van der Waals surface area (Å²) in [6, 6.07) is 1.90. The number of rotatable bonds is 5. The Labute approximate surface area is 66.0 Å². The number of unbranched alkanes of at least 4 members (excludes halogenated alkanes) is 2. The van der Waals surface area contributed by atoms with Gasteiger partial charge in [-0.3, -0.25) is 4.68 Å². The topological polar surface area (TPSA) is 34.9 Å². The summed E-state index contributed by atoms with van der Waals surface area (Å²) >= 11 is 0. The van der Waals surface area contributed by atoms with E-state index in [9.17, 15) is 4.79 Å². The Morgan fingerprint density at radius 3 is 3.00 bits per heavy atom. The van der Waals surface area contributed by atoms with Crippen LogP contribution in [0.15, 0.2) is 18.5 Å². The summed E-state index contributed by atoms with van der Waals surface area (Å²) in [4.78, 5) is 9.94. The molecule has 0 spiro atoms. The van der Waals surface area contributed by atoms with Gasteiger partial charge in [0.15, 0.2) is 0 Å². The maximum Gasteiger partial charge on any atom is 0.119 e. The Morgan fingerprint density at radius 1 is 1.45 bits per heavy atom. The van der Waals surface area contributed by atoms with Crippen LogP contribution >= 0.6 is 0 Å². The second-order valence-electron chi connectivity index (χ2n) is 2.43. The van der Waals surface area contributed by atoms with E-state index >= 15 is 0 Å². The molecule has 1 rings (SSSR count). The number of nitrogens with zero attached hydrogens (tertiary/aromatic N) is 2. The molecule has 0 aromatic carbocycles. The van der Waals surface area contributed by atoms with Crippen LogP contribution in [0, 0.1) is 0 Å². The zero-order valence-corrected chi connectivity index (χ0v) is 6.44. The average Bonchev–Trinajstić information content (AvgIpc) is 2.50. The molecule has 0 aliphatic carbocycles. The molecule has 1 heterocycles. The number of carbonyl (C=O) groups excluding carboxylic acids is 1. The number of hydrogen-bond acceptors (Lipinski definition) is 2. The highest BCUT2D eigenvalue weighted by Gasteiger charge is 1.89. The molecule has 0 amide bonds. The number of aromatic nitrogens is 2. The van der Waals surface area contributed by atoms with Gasteiger partial charge in [0.1, 0.15) is 6.29 Å². The third-order valence-electron chi connectivity index (χ3n) is 1.52. The summed E-state index contributed by atoms with van der Waals surface area (Å²) in [5.74, 6) is 0. The van der Waals surface area contributed by atoms with E-state index in [-0.39, 0.29) is 0 Å².